The number of rotatable bonds is 6. The summed E-state index contributed by atoms with van der Waals surface area (Å²) in [7, 11) is 0. The van der Waals surface area contributed by atoms with E-state index in [9.17, 15) is 50.8 Å². The standard InChI is InChI=1S/C26H28O15/c27-11-2-1-9(3-12(11)28)16-6-14(30)19-13(29)4-10(5-17(19)40-16)39-26-24(36)22(34)21(33)18(41-26)8-38-25-23(35)20(32)15(31)7-37-25/h1-6,15,18,20-29,31-36H,7-8H2/t15-,18-,20-,21-,22+,23-,24-,25-,26+/m1/s1. The van der Waals surface area contributed by atoms with Crippen LogP contribution in [0.15, 0.2) is 45.6 Å². The molecule has 222 valence electrons. The number of benzene rings is 2. The molecule has 1 aromatic heterocycles. The molecule has 0 spiro atoms. The molecule has 2 aliphatic rings. The van der Waals surface area contributed by atoms with E-state index in [0.717, 1.165) is 12.1 Å². The predicted octanol–water partition coefficient (Wildman–Crippen LogP) is -1.78. The highest BCUT2D eigenvalue weighted by Crippen LogP contribution is 2.35. The van der Waals surface area contributed by atoms with Crippen molar-refractivity contribution < 1.29 is 69.3 Å². The van der Waals surface area contributed by atoms with Crippen LogP contribution >= 0.6 is 0 Å². The van der Waals surface area contributed by atoms with Crippen LogP contribution in [-0.4, -0.2) is 114 Å². The monoisotopic (exact) mass is 580 g/mol. The third-order valence-electron chi connectivity index (χ3n) is 6.84. The highest BCUT2D eigenvalue weighted by atomic mass is 16.7. The van der Waals surface area contributed by atoms with Gasteiger partial charge in [0, 0.05) is 23.8 Å². The van der Waals surface area contributed by atoms with Crippen molar-refractivity contribution in [3.63, 3.8) is 0 Å². The Bertz CT molecular complexity index is 1460. The lowest BCUT2D eigenvalue weighted by molar-refractivity contribution is -0.307. The molecule has 0 amide bonds. The van der Waals surface area contributed by atoms with Gasteiger partial charge in [0.2, 0.25) is 6.29 Å². The van der Waals surface area contributed by atoms with Gasteiger partial charge in [-0.05, 0) is 18.2 Å². The lowest BCUT2D eigenvalue weighted by Crippen LogP contribution is -2.61. The maximum Gasteiger partial charge on any atom is 0.229 e. The second kappa shape index (κ2) is 11.4. The molecule has 0 saturated carbocycles. The maximum atomic E-state index is 12.7. The average molecular weight is 580 g/mol. The van der Waals surface area contributed by atoms with E-state index >= 15 is 0 Å². The minimum atomic E-state index is -1.79. The van der Waals surface area contributed by atoms with Gasteiger partial charge in [-0.2, -0.15) is 0 Å². The fraction of sp³-hybridized carbons (Fsp3) is 0.423. The number of aliphatic hydroxyl groups is 6. The van der Waals surface area contributed by atoms with E-state index in [1.165, 1.54) is 24.3 Å². The first kappa shape index (κ1) is 29.0. The van der Waals surface area contributed by atoms with Crippen molar-refractivity contribution in [2.45, 2.75) is 55.3 Å². The minimum absolute atomic E-state index is 0.0104. The van der Waals surface area contributed by atoms with E-state index in [4.69, 9.17) is 23.4 Å². The Kier molecular flexibility index (Phi) is 8.06. The van der Waals surface area contributed by atoms with E-state index < -0.39 is 78.8 Å². The van der Waals surface area contributed by atoms with E-state index in [-0.39, 0.29) is 40.4 Å². The van der Waals surface area contributed by atoms with Gasteiger partial charge in [-0.15, -0.1) is 0 Å². The summed E-state index contributed by atoms with van der Waals surface area (Å²) >= 11 is 0. The summed E-state index contributed by atoms with van der Waals surface area (Å²) in [5.74, 6) is -1.55. The van der Waals surface area contributed by atoms with Crippen LogP contribution in [0.4, 0.5) is 0 Å². The zero-order chi connectivity index (χ0) is 29.6. The van der Waals surface area contributed by atoms with Gasteiger partial charge < -0.3 is 69.3 Å². The average Bonchev–Trinajstić information content (AvgIpc) is 2.93. The van der Waals surface area contributed by atoms with Gasteiger partial charge in [-0.1, -0.05) is 0 Å². The summed E-state index contributed by atoms with van der Waals surface area (Å²) in [5.41, 5.74) is -0.539. The van der Waals surface area contributed by atoms with Crippen molar-refractivity contribution in [1.82, 2.24) is 0 Å². The number of ether oxygens (including phenoxy) is 4. The number of aliphatic hydroxyl groups excluding tert-OH is 6. The molecule has 3 aromatic rings. The molecule has 15 nitrogen and oxygen atoms in total. The molecule has 2 saturated heterocycles. The normalized spacial score (nSPS) is 32.2. The first-order valence-electron chi connectivity index (χ1n) is 12.4. The lowest BCUT2D eigenvalue weighted by atomic mass is 9.99. The van der Waals surface area contributed by atoms with E-state index in [0.29, 0.717) is 0 Å². The van der Waals surface area contributed by atoms with Crippen LogP contribution in [0.5, 0.6) is 23.0 Å². The molecule has 2 aliphatic heterocycles. The minimum Gasteiger partial charge on any atom is -0.507 e. The Hall–Kier alpha value is -3.51. The van der Waals surface area contributed by atoms with Crippen LogP contribution in [0.2, 0.25) is 0 Å². The second-order valence-corrected chi connectivity index (χ2v) is 9.71. The van der Waals surface area contributed by atoms with Crippen LogP contribution in [0.25, 0.3) is 22.3 Å². The van der Waals surface area contributed by atoms with Crippen molar-refractivity contribution in [2.75, 3.05) is 13.2 Å². The molecule has 2 fully saturated rings. The highest BCUT2D eigenvalue weighted by molar-refractivity contribution is 5.86. The maximum absolute atomic E-state index is 12.7. The summed E-state index contributed by atoms with van der Waals surface area (Å²) in [6.07, 6.45) is -14.1. The van der Waals surface area contributed by atoms with Crippen molar-refractivity contribution in [3.8, 4) is 34.3 Å². The summed E-state index contributed by atoms with van der Waals surface area (Å²) in [6, 6.07) is 7.08. The van der Waals surface area contributed by atoms with Gasteiger partial charge in [-0.25, -0.2) is 0 Å². The third kappa shape index (κ3) is 5.67. The molecule has 0 bridgehead atoms. The van der Waals surface area contributed by atoms with Crippen molar-refractivity contribution >= 4 is 11.0 Å². The van der Waals surface area contributed by atoms with E-state index in [1.54, 1.807) is 0 Å². The Morgan fingerprint density at radius 3 is 2.24 bits per heavy atom. The first-order chi connectivity index (χ1) is 19.4. The molecule has 0 unspecified atom stereocenters. The van der Waals surface area contributed by atoms with Crippen molar-refractivity contribution in [2.24, 2.45) is 0 Å². The number of hydrogen-bond acceptors (Lipinski definition) is 15. The largest absolute Gasteiger partial charge is 0.507 e. The van der Waals surface area contributed by atoms with Gasteiger partial charge in [-0.3, -0.25) is 4.79 Å². The first-order valence-corrected chi connectivity index (χ1v) is 12.4. The Morgan fingerprint density at radius 1 is 0.780 bits per heavy atom. The molecule has 9 N–H and O–H groups in total. The summed E-state index contributed by atoms with van der Waals surface area (Å²) < 4.78 is 27.4. The molecule has 5 rings (SSSR count). The van der Waals surface area contributed by atoms with Gasteiger partial charge >= 0.3 is 0 Å². The SMILES string of the molecule is O=c1cc(-c2ccc(O)c(O)c2)oc2cc(O[C@H]3O[C@H](CO[C@H]4OC[C@@H](O)[C@@H](O)[C@H]4O)[C@@H](O)[C@H](O)[C@H]3O)cc(O)c12. The molecule has 41 heavy (non-hydrogen) atoms. The summed E-state index contributed by atoms with van der Waals surface area (Å²) in [5, 5.41) is 90.3. The third-order valence-corrected chi connectivity index (χ3v) is 6.84. The zero-order valence-corrected chi connectivity index (χ0v) is 21.0. The number of aromatic hydroxyl groups is 3. The molecular weight excluding hydrogens is 552 g/mol. The lowest BCUT2D eigenvalue weighted by Gasteiger charge is -2.41. The predicted molar refractivity (Wildman–Crippen MR) is 134 cm³/mol. The molecule has 3 heterocycles. The topological polar surface area (TPSA) is 249 Å². The van der Waals surface area contributed by atoms with Crippen LogP contribution in [-0.2, 0) is 14.2 Å². The quantitative estimate of drug-likeness (QED) is 0.146. The number of hydrogen-bond donors (Lipinski definition) is 9. The van der Waals surface area contributed by atoms with E-state index in [1.807, 2.05) is 0 Å². The van der Waals surface area contributed by atoms with E-state index in [2.05, 4.69) is 0 Å². The zero-order valence-electron chi connectivity index (χ0n) is 21.0. The fourth-order valence-electron chi connectivity index (χ4n) is 4.53. The number of fused-ring (bicyclic) bond motifs is 1. The molecule has 9 atom stereocenters. The Balaban J connectivity index is 1.36. The smallest absolute Gasteiger partial charge is 0.229 e. The van der Waals surface area contributed by atoms with Crippen molar-refractivity contribution in [1.29, 1.82) is 0 Å². The van der Waals surface area contributed by atoms with Crippen LogP contribution in [0.3, 0.4) is 0 Å². The molecule has 0 radical (unpaired) electrons. The number of phenols is 3. The Labute approximate surface area is 230 Å². The Morgan fingerprint density at radius 2 is 1.51 bits per heavy atom. The second-order valence-electron chi connectivity index (χ2n) is 9.71. The van der Waals surface area contributed by atoms with Gasteiger partial charge in [0.05, 0.1) is 13.2 Å². The molecule has 15 heteroatoms. The van der Waals surface area contributed by atoms with Crippen molar-refractivity contribution in [3.05, 3.63) is 46.6 Å². The summed E-state index contributed by atoms with van der Waals surface area (Å²) in [6.45, 7) is -0.836. The van der Waals surface area contributed by atoms with Crippen LogP contribution in [0.1, 0.15) is 0 Å². The van der Waals surface area contributed by atoms with Crippen LogP contribution < -0.4 is 10.2 Å². The van der Waals surface area contributed by atoms with Gasteiger partial charge in [0.15, 0.2) is 23.2 Å². The van der Waals surface area contributed by atoms with Gasteiger partial charge in [0.25, 0.3) is 0 Å². The molecular formula is C26H28O15. The molecule has 0 aliphatic carbocycles. The van der Waals surface area contributed by atoms with Gasteiger partial charge in [0.1, 0.15) is 71.0 Å². The fourth-order valence-corrected chi connectivity index (χ4v) is 4.53. The number of phenolic OH excluding ortho intramolecular Hbond substituents is 3. The highest BCUT2D eigenvalue weighted by Gasteiger charge is 2.46. The van der Waals surface area contributed by atoms with Crippen LogP contribution in [0, 0.1) is 0 Å². The summed E-state index contributed by atoms with van der Waals surface area (Å²) in [4.78, 5) is 12.7. The molecule has 2 aromatic carbocycles.